The molecular weight excluding hydrogens is 384 g/mol. The van der Waals surface area contributed by atoms with Crippen LogP contribution in [0.15, 0.2) is 36.4 Å². The molecule has 0 aliphatic rings. The number of para-hydroxylation sites is 1. The lowest BCUT2D eigenvalue weighted by molar-refractivity contribution is -0.385. The monoisotopic (exact) mass is 404 g/mol. The van der Waals surface area contributed by atoms with Crippen molar-refractivity contribution in [1.82, 2.24) is 5.32 Å². The van der Waals surface area contributed by atoms with Gasteiger partial charge in [0.2, 0.25) is 5.75 Å². The van der Waals surface area contributed by atoms with Crippen LogP contribution in [-0.2, 0) is 16.1 Å². The van der Waals surface area contributed by atoms with Crippen molar-refractivity contribution in [3.05, 3.63) is 57.6 Å². The summed E-state index contributed by atoms with van der Waals surface area (Å²) in [6.07, 6.45) is 0. The molecule has 0 aromatic heterocycles. The zero-order valence-corrected chi connectivity index (χ0v) is 16.1. The largest absolute Gasteiger partial charge is 0.493 e. The lowest BCUT2D eigenvalue weighted by atomic mass is 10.1. The molecule has 29 heavy (non-hydrogen) atoms. The van der Waals surface area contributed by atoms with Crippen LogP contribution in [0.1, 0.15) is 15.9 Å². The minimum absolute atomic E-state index is 0.151. The number of nitro groups is 1. The number of rotatable bonds is 9. The first kappa shape index (κ1) is 21.5. The molecule has 0 atom stereocenters. The number of nitrogens with zero attached hydrogens (tertiary/aromatic N) is 1. The Morgan fingerprint density at radius 2 is 1.66 bits per heavy atom. The highest BCUT2D eigenvalue weighted by Crippen LogP contribution is 2.38. The molecule has 2 aromatic carbocycles. The van der Waals surface area contributed by atoms with Gasteiger partial charge in [-0.2, -0.15) is 0 Å². The zero-order valence-electron chi connectivity index (χ0n) is 16.1. The van der Waals surface area contributed by atoms with Gasteiger partial charge in [-0.25, -0.2) is 0 Å². The van der Waals surface area contributed by atoms with Crippen LogP contribution in [0.4, 0.5) is 5.69 Å². The van der Waals surface area contributed by atoms with Crippen LogP contribution >= 0.6 is 0 Å². The van der Waals surface area contributed by atoms with Gasteiger partial charge in [0.1, 0.15) is 13.2 Å². The van der Waals surface area contributed by atoms with Crippen LogP contribution in [0.2, 0.25) is 0 Å². The van der Waals surface area contributed by atoms with Crippen molar-refractivity contribution in [1.29, 1.82) is 0 Å². The zero-order chi connectivity index (χ0) is 21.4. The van der Waals surface area contributed by atoms with Crippen LogP contribution in [0.25, 0.3) is 0 Å². The summed E-state index contributed by atoms with van der Waals surface area (Å²) >= 11 is 0. The molecule has 0 fully saturated rings. The second kappa shape index (κ2) is 9.93. The molecule has 1 N–H and O–H groups in total. The fourth-order valence-corrected chi connectivity index (χ4v) is 2.49. The summed E-state index contributed by atoms with van der Waals surface area (Å²) in [5.74, 6) is -0.404. The Balaban J connectivity index is 1.99. The number of esters is 1. The summed E-state index contributed by atoms with van der Waals surface area (Å²) < 4.78 is 20.6. The molecular formula is C19H20N2O8. The lowest BCUT2D eigenvalue weighted by Crippen LogP contribution is -2.30. The lowest BCUT2D eigenvalue weighted by Gasteiger charge is -2.14. The maximum Gasteiger partial charge on any atom is 0.325 e. The number of nitro benzene ring substituents is 1. The fourth-order valence-electron chi connectivity index (χ4n) is 2.49. The van der Waals surface area contributed by atoms with Crippen molar-refractivity contribution in [2.24, 2.45) is 0 Å². The van der Waals surface area contributed by atoms with Crippen molar-refractivity contribution in [3.63, 3.8) is 0 Å². The summed E-state index contributed by atoms with van der Waals surface area (Å²) in [5.41, 5.74) is 0.287. The van der Waals surface area contributed by atoms with Crippen molar-refractivity contribution in [2.75, 3.05) is 27.9 Å². The van der Waals surface area contributed by atoms with Gasteiger partial charge in [-0.3, -0.25) is 19.7 Å². The first-order chi connectivity index (χ1) is 13.9. The number of ether oxygens (including phenoxy) is 4. The second-order valence-electron chi connectivity index (χ2n) is 5.64. The molecule has 0 spiro atoms. The van der Waals surface area contributed by atoms with Crippen LogP contribution in [0.5, 0.6) is 17.2 Å². The standard InChI is InChI=1S/C19H20N2O8/c1-26-15-8-13(9-16(27-2)18(15)28-3)19(23)20-10-17(22)29-11-12-6-4-5-7-14(12)21(24)25/h4-9H,10-11H2,1-3H3,(H,20,23). The highest BCUT2D eigenvalue weighted by atomic mass is 16.6. The van der Waals surface area contributed by atoms with Crippen LogP contribution in [-0.4, -0.2) is 44.7 Å². The van der Waals surface area contributed by atoms with E-state index in [1.165, 1.54) is 51.7 Å². The van der Waals surface area contributed by atoms with Gasteiger partial charge in [0.15, 0.2) is 11.5 Å². The average molecular weight is 404 g/mol. The van der Waals surface area contributed by atoms with E-state index in [2.05, 4.69) is 5.32 Å². The van der Waals surface area contributed by atoms with E-state index in [0.717, 1.165) is 0 Å². The normalized spacial score (nSPS) is 10.0. The SMILES string of the molecule is COc1cc(C(=O)NCC(=O)OCc2ccccc2[N+](=O)[O-])cc(OC)c1OC. The molecule has 1 amide bonds. The Hall–Kier alpha value is -3.82. The third-order valence-electron chi connectivity index (χ3n) is 3.90. The van der Waals surface area contributed by atoms with Crippen LogP contribution < -0.4 is 19.5 Å². The Morgan fingerprint density at radius 3 is 2.21 bits per heavy atom. The van der Waals surface area contributed by atoms with Crippen LogP contribution in [0.3, 0.4) is 0 Å². The number of methoxy groups -OCH3 is 3. The van der Waals surface area contributed by atoms with Crippen molar-refractivity contribution >= 4 is 17.6 Å². The van der Waals surface area contributed by atoms with Crippen molar-refractivity contribution in [3.8, 4) is 17.2 Å². The van der Waals surface area contributed by atoms with E-state index in [1.807, 2.05) is 0 Å². The fraction of sp³-hybridized carbons (Fsp3) is 0.263. The number of carbonyl (C=O) groups excluding carboxylic acids is 2. The van der Waals surface area contributed by atoms with Gasteiger partial charge in [0.05, 0.1) is 31.8 Å². The number of hydrogen-bond donors (Lipinski definition) is 1. The Labute approximate surface area is 166 Å². The van der Waals surface area contributed by atoms with Crippen LogP contribution in [0, 0.1) is 10.1 Å². The highest BCUT2D eigenvalue weighted by Gasteiger charge is 2.18. The van der Waals surface area contributed by atoms with E-state index in [-0.39, 0.29) is 34.9 Å². The number of benzene rings is 2. The van der Waals surface area contributed by atoms with E-state index >= 15 is 0 Å². The van der Waals surface area contributed by atoms with Crippen molar-refractivity contribution in [2.45, 2.75) is 6.61 Å². The predicted molar refractivity (Wildman–Crippen MR) is 101 cm³/mol. The molecule has 0 saturated carbocycles. The topological polar surface area (TPSA) is 126 Å². The molecule has 0 aliphatic carbocycles. The van der Waals surface area contributed by atoms with E-state index in [4.69, 9.17) is 18.9 Å². The van der Waals surface area contributed by atoms with Gasteiger partial charge in [-0.05, 0) is 18.2 Å². The predicted octanol–water partition coefficient (Wildman–Crippen LogP) is 2.09. The molecule has 2 aromatic rings. The molecule has 10 nitrogen and oxygen atoms in total. The summed E-state index contributed by atoms with van der Waals surface area (Å²) in [7, 11) is 4.27. The number of nitrogens with one attached hydrogen (secondary N) is 1. The molecule has 0 bridgehead atoms. The number of hydrogen-bond acceptors (Lipinski definition) is 8. The summed E-state index contributed by atoms with van der Waals surface area (Å²) in [4.78, 5) is 34.7. The maximum absolute atomic E-state index is 12.3. The quantitative estimate of drug-likeness (QED) is 0.382. The Morgan fingerprint density at radius 1 is 1.03 bits per heavy atom. The van der Waals surface area contributed by atoms with E-state index in [1.54, 1.807) is 6.07 Å². The van der Waals surface area contributed by atoms with Crippen molar-refractivity contribution < 1.29 is 33.5 Å². The average Bonchev–Trinajstić information content (AvgIpc) is 2.74. The second-order valence-corrected chi connectivity index (χ2v) is 5.64. The van der Waals surface area contributed by atoms with Gasteiger partial charge >= 0.3 is 5.97 Å². The summed E-state index contributed by atoms with van der Waals surface area (Å²) in [5, 5.41) is 13.4. The summed E-state index contributed by atoms with van der Waals surface area (Å²) in [6, 6.07) is 8.80. The van der Waals surface area contributed by atoms with E-state index in [9.17, 15) is 19.7 Å². The smallest absolute Gasteiger partial charge is 0.325 e. The minimum Gasteiger partial charge on any atom is -0.493 e. The molecule has 0 aliphatic heterocycles. The highest BCUT2D eigenvalue weighted by molar-refractivity contribution is 5.97. The molecule has 0 saturated heterocycles. The molecule has 0 radical (unpaired) electrons. The van der Waals surface area contributed by atoms with Gasteiger partial charge < -0.3 is 24.3 Å². The van der Waals surface area contributed by atoms with Gasteiger partial charge in [0.25, 0.3) is 11.6 Å². The van der Waals surface area contributed by atoms with Gasteiger partial charge in [-0.1, -0.05) is 12.1 Å². The minimum atomic E-state index is -0.746. The molecule has 2 rings (SSSR count). The molecule has 0 unspecified atom stereocenters. The van der Waals surface area contributed by atoms with Gasteiger partial charge in [0, 0.05) is 11.6 Å². The molecule has 154 valence electrons. The molecule has 0 heterocycles. The van der Waals surface area contributed by atoms with E-state index < -0.39 is 23.3 Å². The molecule has 10 heteroatoms. The number of carbonyl (C=O) groups is 2. The first-order valence-corrected chi connectivity index (χ1v) is 8.37. The number of amides is 1. The Kier molecular flexibility index (Phi) is 7.35. The maximum atomic E-state index is 12.3. The first-order valence-electron chi connectivity index (χ1n) is 8.37. The summed E-state index contributed by atoms with van der Waals surface area (Å²) in [6.45, 7) is -0.702. The van der Waals surface area contributed by atoms with E-state index in [0.29, 0.717) is 5.75 Å². The third kappa shape index (κ3) is 5.34. The Bertz CT molecular complexity index is 888. The third-order valence-corrected chi connectivity index (χ3v) is 3.90. The van der Waals surface area contributed by atoms with Gasteiger partial charge in [-0.15, -0.1) is 0 Å².